The molecule has 1 aromatic carbocycles. The van der Waals surface area contributed by atoms with Crippen molar-refractivity contribution in [1.29, 1.82) is 0 Å². The number of hydrogen-bond donors (Lipinski definition) is 0. The van der Waals surface area contributed by atoms with Gasteiger partial charge in [-0.1, -0.05) is 11.6 Å². The summed E-state index contributed by atoms with van der Waals surface area (Å²) in [5.74, 6) is 1.13. The van der Waals surface area contributed by atoms with Crippen LogP contribution in [-0.4, -0.2) is 51.7 Å². The molecule has 0 aliphatic carbocycles. The maximum atomic E-state index is 13.2. The van der Waals surface area contributed by atoms with E-state index in [2.05, 4.69) is 10.2 Å². The van der Waals surface area contributed by atoms with Crippen LogP contribution in [0.2, 0.25) is 5.02 Å². The number of carbonyl (C=O) groups is 1. The Bertz CT molecular complexity index is 1230. The summed E-state index contributed by atoms with van der Waals surface area (Å²) in [6.45, 7) is 1.95. The first-order valence-electron chi connectivity index (χ1n) is 11.1. The van der Waals surface area contributed by atoms with Gasteiger partial charge in [-0.2, -0.15) is 13.2 Å². The van der Waals surface area contributed by atoms with Crippen molar-refractivity contribution in [2.24, 2.45) is 0 Å². The molecule has 1 atom stereocenters. The number of pyridine rings is 1. The van der Waals surface area contributed by atoms with Crippen LogP contribution in [0.15, 0.2) is 30.5 Å². The number of alkyl halides is 3. The van der Waals surface area contributed by atoms with Crippen molar-refractivity contribution < 1.29 is 27.4 Å². The molecule has 7 nitrogen and oxygen atoms in total. The fourth-order valence-electron chi connectivity index (χ4n) is 4.44. The topological polar surface area (TPSA) is 69.0 Å². The van der Waals surface area contributed by atoms with E-state index in [0.717, 1.165) is 18.7 Å². The first-order valence-corrected chi connectivity index (χ1v) is 11.4. The van der Waals surface area contributed by atoms with Crippen LogP contribution in [0.3, 0.4) is 0 Å². The van der Waals surface area contributed by atoms with E-state index >= 15 is 0 Å². The molecule has 1 amide bonds. The predicted molar refractivity (Wildman–Crippen MR) is 117 cm³/mol. The molecule has 1 unspecified atom stereocenters. The number of benzene rings is 1. The Balaban J connectivity index is 1.34. The van der Waals surface area contributed by atoms with Gasteiger partial charge in [0.05, 0.1) is 30.2 Å². The van der Waals surface area contributed by atoms with Gasteiger partial charge < -0.3 is 14.4 Å². The number of piperidine rings is 1. The van der Waals surface area contributed by atoms with E-state index in [9.17, 15) is 18.0 Å². The van der Waals surface area contributed by atoms with Crippen molar-refractivity contribution in [2.75, 3.05) is 26.3 Å². The van der Waals surface area contributed by atoms with Crippen LogP contribution < -0.4 is 9.47 Å². The number of halogens is 4. The van der Waals surface area contributed by atoms with Gasteiger partial charge in [-0.15, -0.1) is 10.2 Å². The van der Waals surface area contributed by atoms with Crippen LogP contribution in [-0.2, 0) is 17.4 Å². The van der Waals surface area contributed by atoms with Gasteiger partial charge >= 0.3 is 6.18 Å². The lowest BCUT2D eigenvalue weighted by molar-refractivity contribution is -0.137. The summed E-state index contributed by atoms with van der Waals surface area (Å²) in [5, 5.41) is 8.56. The van der Waals surface area contributed by atoms with Gasteiger partial charge in [0.1, 0.15) is 5.82 Å². The molecule has 3 aromatic rings. The monoisotopic (exact) mass is 494 g/mol. The second-order valence-corrected chi connectivity index (χ2v) is 8.92. The fourth-order valence-corrected chi connectivity index (χ4v) is 4.73. The summed E-state index contributed by atoms with van der Waals surface area (Å²) >= 11 is 6.35. The Morgan fingerprint density at radius 1 is 1.15 bits per heavy atom. The quantitative estimate of drug-likeness (QED) is 0.536. The summed E-state index contributed by atoms with van der Waals surface area (Å²) in [5.41, 5.74) is 0.286. The number of hydrogen-bond acceptors (Lipinski definition) is 5. The van der Waals surface area contributed by atoms with Gasteiger partial charge in [0, 0.05) is 31.6 Å². The van der Waals surface area contributed by atoms with Gasteiger partial charge in [0.15, 0.2) is 17.1 Å². The van der Waals surface area contributed by atoms with Crippen molar-refractivity contribution in [2.45, 2.75) is 37.8 Å². The molecule has 0 saturated carbocycles. The van der Waals surface area contributed by atoms with E-state index in [1.165, 1.54) is 10.5 Å². The maximum Gasteiger partial charge on any atom is 0.417 e. The summed E-state index contributed by atoms with van der Waals surface area (Å²) in [6.07, 6.45) is -1.15. The Morgan fingerprint density at radius 2 is 1.97 bits per heavy atom. The minimum Gasteiger partial charge on any atom is -0.489 e. The number of aromatic nitrogens is 3. The average molecular weight is 495 g/mol. The van der Waals surface area contributed by atoms with Crippen LogP contribution in [0, 0.1) is 0 Å². The summed E-state index contributed by atoms with van der Waals surface area (Å²) in [7, 11) is 0. The molecular formula is C23H22ClF3N4O3. The molecule has 11 heteroatoms. The van der Waals surface area contributed by atoms with E-state index in [1.807, 2.05) is 0 Å². The smallest absolute Gasteiger partial charge is 0.417 e. The second kappa shape index (κ2) is 8.98. The van der Waals surface area contributed by atoms with Gasteiger partial charge in [0.2, 0.25) is 5.91 Å². The van der Waals surface area contributed by atoms with Crippen molar-refractivity contribution in [3.63, 3.8) is 0 Å². The highest BCUT2D eigenvalue weighted by Gasteiger charge is 2.33. The van der Waals surface area contributed by atoms with Crippen LogP contribution in [0.25, 0.3) is 5.65 Å². The lowest BCUT2D eigenvalue weighted by Gasteiger charge is -2.32. The van der Waals surface area contributed by atoms with E-state index in [-0.39, 0.29) is 18.2 Å². The standard InChI is InChI=1S/C23H22ClF3N4O3/c24-17-9-14(10-18-21(17)34-8-2-7-33-18)11-20(32)30-6-1-3-15(12-30)22-29-28-19-5-4-16(13-31(19)22)23(25,26)27/h4-5,9-10,13,15H,1-3,6-8,11-12H2. The molecule has 5 rings (SSSR count). The summed E-state index contributed by atoms with van der Waals surface area (Å²) in [6, 6.07) is 5.78. The maximum absolute atomic E-state index is 13.2. The van der Waals surface area contributed by atoms with Gasteiger partial charge in [0.25, 0.3) is 0 Å². The van der Waals surface area contributed by atoms with Crippen LogP contribution in [0.5, 0.6) is 11.5 Å². The van der Waals surface area contributed by atoms with E-state index < -0.39 is 11.7 Å². The SMILES string of the molecule is O=C(Cc1cc(Cl)c2c(c1)OCCCO2)N1CCCC(c2nnc3ccc(C(F)(F)F)cn23)C1. The molecule has 4 heterocycles. The van der Waals surface area contributed by atoms with Gasteiger partial charge in [-0.3, -0.25) is 9.20 Å². The van der Waals surface area contributed by atoms with Crippen molar-refractivity contribution in [3.8, 4) is 11.5 Å². The number of ether oxygens (including phenoxy) is 2. The number of nitrogens with zero attached hydrogens (tertiary/aromatic N) is 4. The molecule has 0 spiro atoms. The molecule has 180 valence electrons. The second-order valence-electron chi connectivity index (χ2n) is 8.51. The van der Waals surface area contributed by atoms with Crippen LogP contribution >= 0.6 is 11.6 Å². The lowest BCUT2D eigenvalue weighted by atomic mass is 9.96. The predicted octanol–water partition coefficient (Wildman–Crippen LogP) is 4.51. The molecular weight excluding hydrogens is 473 g/mol. The number of amides is 1. The zero-order valence-electron chi connectivity index (χ0n) is 18.1. The molecule has 34 heavy (non-hydrogen) atoms. The first-order chi connectivity index (χ1) is 16.3. The molecule has 1 fully saturated rings. The third-order valence-electron chi connectivity index (χ3n) is 6.11. The highest BCUT2D eigenvalue weighted by molar-refractivity contribution is 6.32. The first kappa shape index (κ1) is 22.8. The normalized spacial score (nSPS) is 18.7. The molecule has 2 aliphatic heterocycles. The van der Waals surface area contributed by atoms with Crippen molar-refractivity contribution in [1.82, 2.24) is 19.5 Å². The van der Waals surface area contributed by atoms with Crippen molar-refractivity contribution >= 4 is 23.2 Å². The number of rotatable bonds is 3. The zero-order chi connectivity index (χ0) is 23.9. The van der Waals surface area contributed by atoms with Gasteiger partial charge in [-0.05, 0) is 42.7 Å². The molecule has 1 saturated heterocycles. The summed E-state index contributed by atoms with van der Waals surface area (Å²) < 4.78 is 52.3. The molecule has 2 aromatic heterocycles. The highest BCUT2D eigenvalue weighted by Crippen LogP contribution is 2.38. The Hall–Kier alpha value is -3.01. The minimum atomic E-state index is -4.46. The molecule has 0 radical (unpaired) electrons. The number of likely N-dealkylation sites (tertiary alicyclic amines) is 1. The fraction of sp³-hybridized carbons (Fsp3) is 0.435. The molecule has 0 bridgehead atoms. The molecule has 2 aliphatic rings. The van der Waals surface area contributed by atoms with E-state index in [0.29, 0.717) is 72.7 Å². The third kappa shape index (κ3) is 4.51. The number of carbonyl (C=O) groups excluding carboxylic acids is 1. The highest BCUT2D eigenvalue weighted by atomic mass is 35.5. The van der Waals surface area contributed by atoms with Crippen molar-refractivity contribution in [3.05, 3.63) is 52.4 Å². The van der Waals surface area contributed by atoms with E-state index in [4.69, 9.17) is 21.1 Å². The number of fused-ring (bicyclic) bond motifs is 2. The Labute approximate surface area is 198 Å². The summed E-state index contributed by atoms with van der Waals surface area (Å²) in [4.78, 5) is 14.8. The Kier molecular flexibility index (Phi) is 6.01. The average Bonchev–Trinajstić information content (AvgIpc) is 3.08. The Morgan fingerprint density at radius 3 is 2.79 bits per heavy atom. The van der Waals surface area contributed by atoms with Crippen LogP contribution in [0.1, 0.15) is 42.1 Å². The van der Waals surface area contributed by atoms with Crippen LogP contribution in [0.4, 0.5) is 13.2 Å². The molecule has 0 N–H and O–H groups in total. The zero-order valence-corrected chi connectivity index (χ0v) is 18.9. The lowest BCUT2D eigenvalue weighted by Crippen LogP contribution is -2.40. The van der Waals surface area contributed by atoms with Gasteiger partial charge in [-0.25, -0.2) is 0 Å². The largest absolute Gasteiger partial charge is 0.489 e. The minimum absolute atomic E-state index is 0.0972. The van der Waals surface area contributed by atoms with E-state index in [1.54, 1.807) is 17.0 Å². The third-order valence-corrected chi connectivity index (χ3v) is 6.39.